The molecule has 2 rings (SSSR count). The Kier molecular flexibility index (Phi) is 15.6. The van der Waals surface area contributed by atoms with E-state index in [-0.39, 0.29) is 0 Å². The molecular formula is C36H68N4O6-2. The first kappa shape index (κ1) is 40.6. The van der Waals surface area contributed by atoms with Gasteiger partial charge in [-0.1, -0.05) is 78.1 Å². The van der Waals surface area contributed by atoms with Gasteiger partial charge in [-0.05, 0) is 93.9 Å². The number of carboxylic acid groups (broad SMARTS) is 2. The Bertz CT molecular complexity index is 829. The first-order valence-corrected chi connectivity index (χ1v) is 18.3. The summed E-state index contributed by atoms with van der Waals surface area (Å²) < 4.78 is 0. The highest BCUT2D eigenvalue weighted by Crippen LogP contribution is 2.44. The van der Waals surface area contributed by atoms with Crippen LogP contribution in [0, 0.1) is 0 Å². The molecular weight excluding hydrogens is 584 g/mol. The highest BCUT2D eigenvalue weighted by molar-refractivity contribution is 5.70. The topological polar surface area (TPSA) is 112 Å². The second kappa shape index (κ2) is 17.7. The van der Waals surface area contributed by atoms with Crippen LogP contribution in [0.4, 0.5) is 9.59 Å². The summed E-state index contributed by atoms with van der Waals surface area (Å²) in [6.45, 7) is 21.9. The highest BCUT2D eigenvalue weighted by atomic mass is 16.7. The zero-order valence-electron chi connectivity index (χ0n) is 31.1. The smallest absolute Gasteiger partial charge is 0.157 e. The molecule has 0 aliphatic carbocycles. The van der Waals surface area contributed by atoms with Crippen molar-refractivity contribution in [1.82, 2.24) is 20.1 Å². The summed E-state index contributed by atoms with van der Waals surface area (Å²) >= 11 is 0. The molecule has 270 valence electrons. The molecule has 2 aliphatic rings. The molecule has 2 amide bonds. The van der Waals surface area contributed by atoms with Gasteiger partial charge in [0, 0.05) is 22.2 Å². The number of carbonyl (C=O) groups is 2. The Labute approximate surface area is 281 Å². The van der Waals surface area contributed by atoms with Gasteiger partial charge in [-0.25, -0.2) is 0 Å². The number of hydrazine groups is 1. The Balaban J connectivity index is 2.18. The summed E-state index contributed by atoms with van der Waals surface area (Å²) in [7, 11) is 0. The quantitative estimate of drug-likeness (QED) is 0.117. The number of unbranched alkanes of at least 4 members (excludes halogenated alkanes) is 10. The molecule has 0 spiro atoms. The lowest BCUT2D eigenvalue weighted by molar-refractivity contribution is -0.337. The minimum absolute atomic E-state index is 0.387. The molecule has 0 aromatic carbocycles. The summed E-state index contributed by atoms with van der Waals surface area (Å²) in [5.74, 6) is 0. The van der Waals surface area contributed by atoms with Crippen LogP contribution in [-0.4, -0.2) is 79.8 Å². The van der Waals surface area contributed by atoms with Crippen LogP contribution < -0.4 is 10.2 Å². The second-order valence-electron chi connectivity index (χ2n) is 16.4. The number of piperidine rings is 2. The van der Waals surface area contributed by atoms with Crippen LogP contribution in [-0.2, 0) is 9.68 Å². The van der Waals surface area contributed by atoms with Crippen LogP contribution in [0.15, 0.2) is 0 Å². The maximum atomic E-state index is 12.9. The van der Waals surface area contributed by atoms with Crippen molar-refractivity contribution in [2.75, 3.05) is 13.2 Å². The first-order valence-electron chi connectivity index (χ1n) is 18.3. The van der Waals surface area contributed by atoms with Crippen molar-refractivity contribution in [1.29, 1.82) is 0 Å². The molecule has 10 heteroatoms. The summed E-state index contributed by atoms with van der Waals surface area (Å²) in [4.78, 5) is 38.4. The van der Waals surface area contributed by atoms with E-state index in [1.54, 1.807) is 0 Å². The van der Waals surface area contributed by atoms with Crippen molar-refractivity contribution < 1.29 is 29.5 Å². The number of amides is 2. The van der Waals surface area contributed by atoms with Crippen molar-refractivity contribution in [3.63, 3.8) is 0 Å². The molecule has 0 saturated carbocycles. The Morgan fingerprint density at radius 3 is 1.07 bits per heavy atom. The van der Waals surface area contributed by atoms with E-state index >= 15 is 0 Å². The van der Waals surface area contributed by atoms with E-state index in [4.69, 9.17) is 9.68 Å². The first-order chi connectivity index (χ1) is 21.4. The molecule has 0 bridgehead atoms. The van der Waals surface area contributed by atoms with Crippen molar-refractivity contribution in [3.8, 4) is 0 Å². The standard InChI is InChI=1S/C36H70N4O6/c1-11-13-15-17-19-21-23-45-39-33(3,4)25-29(26-34(39,5)6)37(31(41)42)38(32(43)44)30-27-35(7,8)40(36(9,10)28-30)46-24-22-20-18-16-14-12-2/h29-30H,11-28H2,1-10H3,(H,41,42)(H,43,44)/p-2. The SMILES string of the molecule is CCCCCCCCON1C(C)(C)CC(N(C(=O)[O-])N(C(=O)[O-])C2CC(C)(C)N(OCCCCCCCC)C(C)(C)C2)CC1(C)C. The fourth-order valence-corrected chi connectivity index (χ4v) is 8.37. The number of hydrogen-bond donors (Lipinski definition) is 0. The van der Waals surface area contributed by atoms with Gasteiger partial charge in [0.1, 0.15) is 0 Å². The van der Waals surface area contributed by atoms with Crippen molar-refractivity contribution in [3.05, 3.63) is 0 Å². The summed E-state index contributed by atoms with van der Waals surface area (Å²) in [5.41, 5.74) is -2.20. The van der Waals surface area contributed by atoms with Gasteiger partial charge >= 0.3 is 0 Å². The third kappa shape index (κ3) is 11.2. The van der Waals surface area contributed by atoms with Gasteiger partial charge in [0.25, 0.3) is 0 Å². The third-order valence-corrected chi connectivity index (χ3v) is 9.87. The average molecular weight is 653 g/mol. The van der Waals surface area contributed by atoms with Crippen LogP contribution in [0.25, 0.3) is 0 Å². The van der Waals surface area contributed by atoms with E-state index in [1.807, 2.05) is 65.5 Å². The van der Waals surface area contributed by atoms with Crippen LogP contribution in [0.1, 0.15) is 172 Å². The predicted molar refractivity (Wildman–Crippen MR) is 179 cm³/mol. The monoisotopic (exact) mass is 653 g/mol. The zero-order chi connectivity index (χ0) is 34.8. The Hall–Kier alpha value is -1.62. The van der Waals surface area contributed by atoms with E-state index in [1.165, 1.54) is 51.4 Å². The summed E-state index contributed by atoms with van der Waals surface area (Å²) in [6, 6.07) is -1.26. The normalized spacial score (nSPS) is 21.7. The Morgan fingerprint density at radius 2 is 0.804 bits per heavy atom. The van der Waals surface area contributed by atoms with Crippen LogP contribution in [0.3, 0.4) is 0 Å². The molecule has 0 radical (unpaired) electrons. The number of hydrogen-bond acceptors (Lipinski definition) is 8. The van der Waals surface area contributed by atoms with E-state index < -0.39 is 46.4 Å². The lowest BCUT2D eigenvalue weighted by atomic mass is 9.77. The van der Waals surface area contributed by atoms with Crippen molar-refractivity contribution >= 4 is 12.2 Å². The van der Waals surface area contributed by atoms with Gasteiger partial charge in [-0.15, -0.1) is 0 Å². The largest absolute Gasteiger partial charge is 0.529 e. The van der Waals surface area contributed by atoms with Gasteiger partial charge in [0.15, 0.2) is 12.2 Å². The lowest BCUT2D eigenvalue weighted by Crippen LogP contribution is -2.73. The van der Waals surface area contributed by atoms with Gasteiger partial charge in [0.05, 0.1) is 25.3 Å². The van der Waals surface area contributed by atoms with Gasteiger partial charge in [-0.2, -0.15) is 10.1 Å². The number of hydroxylamine groups is 4. The molecule has 0 aromatic heterocycles. The molecule has 10 nitrogen and oxygen atoms in total. The number of carbonyl (C=O) groups excluding carboxylic acids is 2. The lowest BCUT2D eigenvalue weighted by Gasteiger charge is -2.60. The summed E-state index contributed by atoms with van der Waals surface area (Å²) in [6.07, 6.45) is 12.5. The van der Waals surface area contributed by atoms with Crippen LogP contribution in [0.2, 0.25) is 0 Å². The summed E-state index contributed by atoms with van der Waals surface area (Å²) in [5, 5.41) is 31.6. The van der Waals surface area contributed by atoms with Gasteiger partial charge in [-0.3, -0.25) is 19.7 Å². The molecule has 2 aliphatic heterocycles. The molecule has 2 saturated heterocycles. The molecule has 2 fully saturated rings. The van der Waals surface area contributed by atoms with E-state index in [0.717, 1.165) is 35.7 Å². The minimum atomic E-state index is -1.53. The van der Waals surface area contributed by atoms with Crippen molar-refractivity contribution in [2.24, 2.45) is 0 Å². The number of nitrogens with zero attached hydrogens (tertiary/aromatic N) is 4. The maximum Gasteiger partial charge on any atom is 0.157 e. The van der Waals surface area contributed by atoms with Crippen LogP contribution >= 0.6 is 0 Å². The zero-order valence-corrected chi connectivity index (χ0v) is 31.1. The van der Waals surface area contributed by atoms with Gasteiger partial charge in [0.2, 0.25) is 0 Å². The number of rotatable bonds is 18. The fraction of sp³-hybridized carbons (Fsp3) is 0.944. The maximum absolute atomic E-state index is 12.9. The Morgan fingerprint density at radius 1 is 0.543 bits per heavy atom. The van der Waals surface area contributed by atoms with Gasteiger partial charge < -0.3 is 19.8 Å². The van der Waals surface area contributed by atoms with E-state index in [0.29, 0.717) is 38.9 Å². The molecule has 0 aromatic rings. The molecule has 0 atom stereocenters. The van der Waals surface area contributed by atoms with E-state index in [9.17, 15) is 19.8 Å². The average Bonchev–Trinajstić information content (AvgIpc) is 2.91. The molecule has 46 heavy (non-hydrogen) atoms. The highest BCUT2D eigenvalue weighted by Gasteiger charge is 2.52. The molecule has 0 unspecified atom stereocenters. The second-order valence-corrected chi connectivity index (χ2v) is 16.4. The van der Waals surface area contributed by atoms with E-state index in [2.05, 4.69) is 13.8 Å². The fourth-order valence-electron chi connectivity index (χ4n) is 8.37. The predicted octanol–water partition coefficient (Wildman–Crippen LogP) is 6.82. The van der Waals surface area contributed by atoms with Crippen molar-refractivity contribution in [2.45, 2.75) is 206 Å². The third-order valence-electron chi connectivity index (χ3n) is 9.87. The molecule has 0 N–H and O–H groups in total. The molecule has 2 heterocycles. The van der Waals surface area contributed by atoms with Crippen LogP contribution in [0.5, 0.6) is 0 Å². The minimum Gasteiger partial charge on any atom is -0.529 e.